The maximum absolute atomic E-state index is 12.6. The second-order valence-corrected chi connectivity index (χ2v) is 2.75. The van der Waals surface area contributed by atoms with Crippen LogP contribution in [0.5, 0.6) is 5.75 Å². The number of hydrogen-bond acceptors (Lipinski definition) is 4. The van der Waals surface area contributed by atoms with Crippen LogP contribution in [0.15, 0.2) is 6.20 Å². The molecule has 5 nitrogen and oxygen atoms in total. The molecule has 0 spiro atoms. The summed E-state index contributed by atoms with van der Waals surface area (Å²) in [6.07, 6.45) is -1.90. The van der Waals surface area contributed by atoms with Crippen molar-refractivity contribution in [3.63, 3.8) is 0 Å². The molecule has 7 heteroatoms. The van der Waals surface area contributed by atoms with Gasteiger partial charge in [0.15, 0.2) is 11.9 Å². The first-order valence-electron chi connectivity index (χ1n) is 3.95. The third-order valence-electron chi connectivity index (χ3n) is 1.93. The molecule has 0 amide bonds. The van der Waals surface area contributed by atoms with Gasteiger partial charge in [0.2, 0.25) is 0 Å². The Bertz CT molecular complexity index is 396. The number of ether oxygens (including phenoxy) is 1. The maximum Gasteiger partial charge on any atom is 0.372 e. The Hall–Kier alpha value is -1.79. The molecule has 0 aliphatic carbocycles. The van der Waals surface area contributed by atoms with E-state index in [4.69, 9.17) is 4.74 Å². The number of alkyl halides is 2. The summed E-state index contributed by atoms with van der Waals surface area (Å²) in [7, 11) is 1.28. The first-order valence-corrected chi connectivity index (χ1v) is 3.95. The molecule has 0 N–H and O–H groups in total. The van der Waals surface area contributed by atoms with Crippen LogP contribution in [0.25, 0.3) is 0 Å². The van der Waals surface area contributed by atoms with Gasteiger partial charge in [0, 0.05) is 5.56 Å². The summed E-state index contributed by atoms with van der Waals surface area (Å²) < 4.78 is 29.9. The van der Waals surface area contributed by atoms with E-state index in [1.165, 1.54) is 14.0 Å². The summed E-state index contributed by atoms with van der Waals surface area (Å²) in [5.74, 6) is -0.723. The van der Waals surface area contributed by atoms with Gasteiger partial charge in [-0.25, -0.2) is 8.78 Å². The summed E-state index contributed by atoms with van der Waals surface area (Å²) >= 11 is 0. The minimum atomic E-state index is -2.95. The number of aromatic nitrogens is 1. The largest absolute Gasteiger partial charge is 0.493 e. The molecule has 0 unspecified atom stereocenters. The first kappa shape index (κ1) is 11.3. The number of pyridine rings is 1. The van der Waals surface area contributed by atoms with Crippen LogP contribution in [0, 0.1) is 17.0 Å². The van der Waals surface area contributed by atoms with Gasteiger partial charge >= 0.3 is 5.82 Å². The average molecular weight is 218 g/mol. The van der Waals surface area contributed by atoms with E-state index >= 15 is 0 Å². The van der Waals surface area contributed by atoms with Crippen molar-refractivity contribution >= 4 is 5.82 Å². The van der Waals surface area contributed by atoms with Gasteiger partial charge < -0.3 is 14.9 Å². The van der Waals surface area contributed by atoms with Crippen LogP contribution in [0.2, 0.25) is 0 Å². The van der Waals surface area contributed by atoms with E-state index in [9.17, 15) is 18.9 Å². The molecular formula is C8H8F2N2O3. The molecule has 1 aromatic heterocycles. The summed E-state index contributed by atoms with van der Waals surface area (Å²) in [5.41, 5.74) is -0.659. The van der Waals surface area contributed by atoms with Crippen molar-refractivity contribution in [2.45, 2.75) is 13.3 Å². The summed E-state index contributed by atoms with van der Waals surface area (Å²) in [6.45, 7) is 1.33. The average Bonchev–Trinajstić information content (AvgIpc) is 2.16. The summed E-state index contributed by atoms with van der Waals surface area (Å²) in [5, 5.41) is 10.4. The third-order valence-corrected chi connectivity index (χ3v) is 1.93. The van der Waals surface area contributed by atoms with E-state index in [1.54, 1.807) is 0 Å². The van der Waals surface area contributed by atoms with Gasteiger partial charge in [-0.3, -0.25) is 0 Å². The van der Waals surface area contributed by atoms with Gasteiger partial charge in [-0.2, -0.15) is 0 Å². The fourth-order valence-corrected chi connectivity index (χ4v) is 1.20. The summed E-state index contributed by atoms with van der Waals surface area (Å²) in [6, 6.07) is 0. The number of halogens is 2. The van der Waals surface area contributed by atoms with Crippen molar-refractivity contribution in [2.24, 2.45) is 0 Å². The molecule has 0 bridgehead atoms. The first-order chi connectivity index (χ1) is 6.99. The zero-order valence-corrected chi connectivity index (χ0v) is 8.03. The molecule has 0 aliphatic heterocycles. The lowest BCUT2D eigenvalue weighted by Gasteiger charge is -2.08. The molecule has 0 saturated carbocycles. The second-order valence-electron chi connectivity index (χ2n) is 2.75. The van der Waals surface area contributed by atoms with Gasteiger partial charge in [0.1, 0.15) is 5.56 Å². The smallest absolute Gasteiger partial charge is 0.372 e. The minimum absolute atomic E-state index is 0.0363. The predicted molar refractivity (Wildman–Crippen MR) is 47.1 cm³/mol. The third kappa shape index (κ3) is 2.00. The number of rotatable bonds is 3. The molecule has 15 heavy (non-hydrogen) atoms. The maximum atomic E-state index is 12.6. The van der Waals surface area contributed by atoms with Crippen LogP contribution >= 0.6 is 0 Å². The summed E-state index contributed by atoms with van der Waals surface area (Å²) in [4.78, 5) is 12.8. The second kappa shape index (κ2) is 4.16. The lowest BCUT2D eigenvalue weighted by Crippen LogP contribution is -2.03. The molecule has 0 aromatic carbocycles. The minimum Gasteiger partial charge on any atom is -0.493 e. The quantitative estimate of drug-likeness (QED) is 0.576. The molecule has 1 heterocycles. The Balaban J connectivity index is 3.44. The van der Waals surface area contributed by atoms with Crippen molar-refractivity contribution < 1.29 is 18.4 Å². The Morgan fingerprint density at radius 3 is 2.60 bits per heavy atom. The van der Waals surface area contributed by atoms with Gasteiger partial charge in [0.05, 0.1) is 7.11 Å². The van der Waals surface area contributed by atoms with Crippen molar-refractivity contribution in [3.05, 3.63) is 27.4 Å². The van der Waals surface area contributed by atoms with Crippen molar-refractivity contribution in [1.29, 1.82) is 0 Å². The molecule has 82 valence electrons. The Morgan fingerprint density at radius 1 is 1.60 bits per heavy atom. The van der Waals surface area contributed by atoms with E-state index in [0.29, 0.717) is 0 Å². The fourth-order valence-electron chi connectivity index (χ4n) is 1.20. The lowest BCUT2D eigenvalue weighted by atomic mass is 10.1. The highest BCUT2D eigenvalue weighted by Crippen LogP contribution is 2.34. The molecular weight excluding hydrogens is 210 g/mol. The fraction of sp³-hybridized carbons (Fsp3) is 0.375. The monoisotopic (exact) mass is 218 g/mol. The Kier molecular flexibility index (Phi) is 3.13. The van der Waals surface area contributed by atoms with Crippen LogP contribution < -0.4 is 4.74 Å². The van der Waals surface area contributed by atoms with Crippen molar-refractivity contribution in [3.8, 4) is 5.75 Å². The van der Waals surface area contributed by atoms with Crippen LogP contribution in [0.4, 0.5) is 14.6 Å². The molecule has 0 radical (unpaired) electrons. The van der Waals surface area contributed by atoms with Crippen molar-refractivity contribution in [1.82, 2.24) is 4.98 Å². The van der Waals surface area contributed by atoms with E-state index < -0.39 is 22.7 Å². The van der Waals surface area contributed by atoms with E-state index in [1.807, 2.05) is 0 Å². The highest BCUT2D eigenvalue weighted by molar-refractivity contribution is 5.46. The molecule has 0 fully saturated rings. The zero-order valence-electron chi connectivity index (χ0n) is 8.03. The van der Waals surface area contributed by atoms with Gasteiger partial charge in [-0.15, -0.1) is 0 Å². The SMILES string of the molecule is COc1cnc([N+](=O)[O-])c(C(F)F)c1C. The number of nitro groups is 1. The van der Waals surface area contributed by atoms with E-state index in [2.05, 4.69) is 4.98 Å². The molecule has 1 aromatic rings. The Labute approximate surface area is 83.8 Å². The van der Waals surface area contributed by atoms with Crippen LogP contribution in [0.3, 0.4) is 0 Å². The van der Waals surface area contributed by atoms with Crippen molar-refractivity contribution in [2.75, 3.05) is 7.11 Å². The van der Waals surface area contributed by atoms with E-state index in [-0.39, 0.29) is 11.3 Å². The predicted octanol–water partition coefficient (Wildman–Crippen LogP) is 2.24. The highest BCUT2D eigenvalue weighted by Gasteiger charge is 2.27. The molecule has 0 atom stereocenters. The molecule has 0 saturated heterocycles. The van der Waals surface area contributed by atoms with Gasteiger partial charge in [0.25, 0.3) is 6.43 Å². The normalized spacial score (nSPS) is 10.5. The van der Waals surface area contributed by atoms with Gasteiger partial charge in [-0.05, 0) is 16.8 Å². The highest BCUT2D eigenvalue weighted by atomic mass is 19.3. The van der Waals surface area contributed by atoms with Crippen LogP contribution in [-0.2, 0) is 0 Å². The van der Waals surface area contributed by atoms with E-state index in [0.717, 1.165) is 6.20 Å². The number of nitrogens with zero attached hydrogens (tertiary/aromatic N) is 2. The van der Waals surface area contributed by atoms with Crippen LogP contribution in [0.1, 0.15) is 17.6 Å². The standard InChI is InChI=1S/C8H8F2N2O3/c1-4-5(15-2)3-11-8(12(13)14)6(4)7(9)10/h3,7H,1-2H3. The van der Waals surface area contributed by atoms with Crippen LogP contribution in [-0.4, -0.2) is 17.0 Å². The molecule has 1 rings (SSSR count). The molecule has 0 aliphatic rings. The Morgan fingerprint density at radius 2 is 2.20 bits per heavy atom. The topological polar surface area (TPSA) is 65.3 Å². The lowest BCUT2D eigenvalue weighted by molar-refractivity contribution is -0.391. The number of hydrogen-bond donors (Lipinski definition) is 0. The zero-order chi connectivity index (χ0) is 11.6. The van der Waals surface area contributed by atoms with Gasteiger partial charge in [-0.1, -0.05) is 0 Å². The number of methoxy groups -OCH3 is 1.